The number of carbonyl (C=O) groups is 1. The number of nitrogens with one attached hydrogen (secondary N) is 2. The minimum absolute atomic E-state index is 0.129. The first-order chi connectivity index (χ1) is 9.70. The molecule has 1 saturated heterocycles. The summed E-state index contributed by atoms with van der Waals surface area (Å²) in [7, 11) is 0. The van der Waals surface area contributed by atoms with Gasteiger partial charge in [-0.25, -0.2) is 4.98 Å². The molecule has 6 heteroatoms. The van der Waals surface area contributed by atoms with Gasteiger partial charge in [-0.1, -0.05) is 11.6 Å². The van der Waals surface area contributed by atoms with Crippen LogP contribution in [0.4, 0.5) is 0 Å². The number of hydrogen-bond donors (Lipinski definition) is 2. The monoisotopic (exact) mass is 290 g/mol. The Morgan fingerprint density at radius 1 is 1.45 bits per heavy atom. The van der Waals surface area contributed by atoms with Crippen molar-refractivity contribution < 1.29 is 4.79 Å². The lowest BCUT2D eigenvalue weighted by molar-refractivity contribution is 0.0923. The topological polar surface area (TPSA) is 58.4 Å². The maximum atomic E-state index is 12.3. The highest BCUT2D eigenvalue weighted by Gasteiger charge is 2.40. The van der Waals surface area contributed by atoms with E-state index in [0.717, 1.165) is 18.5 Å². The Kier molecular flexibility index (Phi) is 2.72. The summed E-state index contributed by atoms with van der Waals surface area (Å²) in [5, 5.41) is 7.10. The third-order valence-electron chi connectivity index (χ3n) is 4.37. The Bertz CT molecular complexity index is 683. The molecule has 3 heterocycles. The van der Waals surface area contributed by atoms with Crippen LogP contribution in [-0.4, -0.2) is 33.9 Å². The zero-order valence-electron chi connectivity index (χ0n) is 10.8. The molecule has 5 nitrogen and oxygen atoms in total. The van der Waals surface area contributed by atoms with Gasteiger partial charge in [0.2, 0.25) is 0 Å². The summed E-state index contributed by atoms with van der Waals surface area (Å²) in [5.74, 6) is 0.579. The summed E-state index contributed by atoms with van der Waals surface area (Å²) in [6, 6.07) is 4.30. The quantitative estimate of drug-likeness (QED) is 0.880. The van der Waals surface area contributed by atoms with Gasteiger partial charge in [0.05, 0.1) is 11.7 Å². The molecule has 1 aliphatic carbocycles. The number of rotatable bonds is 2. The minimum Gasteiger partial charge on any atom is -0.346 e. The average molecular weight is 291 g/mol. The SMILES string of the molecule is O=C(NC1CC2CNC1C2)c1cn2c(Cl)ccc2cn1. The van der Waals surface area contributed by atoms with Crippen LogP contribution >= 0.6 is 11.6 Å². The standard InChI is InChI=1S/C14H15ClN4O/c15-13-2-1-9-6-17-12(7-19(9)13)14(20)18-11-4-8-3-10(11)16-5-8/h1-2,6-8,10-11,16H,3-5H2,(H,18,20). The second-order valence-corrected chi connectivity index (χ2v) is 6.04. The van der Waals surface area contributed by atoms with E-state index < -0.39 is 0 Å². The van der Waals surface area contributed by atoms with E-state index in [1.165, 1.54) is 6.42 Å². The lowest BCUT2D eigenvalue weighted by atomic mass is 10.1. The van der Waals surface area contributed by atoms with Crippen LogP contribution in [0.15, 0.2) is 24.5 Å². The number of piperidine rings is 1. The third-order valence-corrected chi connectivity index (χ3v) is 4.67. The van der Waals surface area contributed by atoms with Gasteiger partial charge in [-0.05, 0) is 37.4 Å². The van der Waals surface area contributed by atoms with Gasteiger partial charge in [0, 0.05) is 18.3 Å². The zero-order valence-corrected chi connectivity index (χ0v) is 11.6. The van der Waals surface area contributed by atoms with Crippen molar-refractivity contribution in [2.75, 3.05) is 6.54 Å². The van der Waals surface area contributed by atoms with Crippen molar-refractivity contribution in [3.63, 3.8) is 0 Å². The normalized spacial score (nSPS) is 28.1. The highest BCUT2D eigenvalue weighted by molar-refractivity contribution is 6.30. The van der Waals surface area contributed by atoms with E-state index in [4.69, 9.17) is 11.6 Å². The molecule has 0 aromatic carbocycles. The van der Waals surface area contributed by atoms with Gasteiger partial charge in [0.25, 0.3) is 5.91 Å². The molecule has 2 N–H and O–H groups in total. The van der Waals surface area contributed by atoms with Crippen molar-refractivity contribution in [2.24, 2.45) is 5.92 Å². The van der Waals surface area contributed by atoms with E-state index in [-0.39, 0.29) is 11.9 Å². The highest BCUT2D eigenvalue weighted by Crippen LogP contribution is 2.31. The molecule has 0 radical (unpaired) electrons. The number of amides is 1. The van der Waals surface area contributed by atoms with Crippen LogP contribution in [-0.2, 0) is 0 Å². The molecule has 2 aliphatic rings. The third kappa shape index (κ3) is 1.89. The van der Waals surface area contributed by atoms with Crippen LogP contribution in [0.25, 0.3) is 5.52 Å². The number of fused-ring (bicyclic) bond motifs is 3. The fourth-order valence-electron chi connectivity index (χ4n) is 3.34. The van der Waals surface area contributed by atoms with E-state index in [0.29, 0.717) is 22.8 Å². The molecular formula is C14H15ClN4O. The average Bonchev–Trinajstić information content (AvgIpc) is 3.15. The van der Waals surface area contributed by atoms with Crippen molar-refractivity contribution in [2.45, 2.75) is 24.9 Å². The first-order valence-corrected chi connectivity index (χ1v) is 7.25. The fourth-order valence-corrected chi connectivity index (χ4v) is 3.55. The molecule has 4 rings (SSSR count). The lowest BCUT2D eigenvalue weighted by Crippen LogP contribution is -2.48. The summed E-state index contributed by atoms with van der Waals surface area (Å²) in [5.41, 5.74) is 1.28. The minimum atomic E-state index is -0.129. The Labute approximate surface area is 121 Å². The van der Waals surface area contributed by atoms with Gasteiger partial charge in [-0.2, -0.15) is 0 Å². The smallest absolute Gasteiger partial charge is 0.271 e. The van der Waals surface area contributed by atoms with Gasteiger partial charge in [0.1, 0.15) is 10.8 Å². The first kappa shape index (κ1) is 12.2. The van der Waals surface area contributed by atoms with Crippen molar-refractivity contribution in [3.8, 4) is 0 Å². The lowest BCUT2D eigenvalue weighted by Gasteiger charge is -2.23. The number of carbonyl (C=O) groups excluding carboxylic acids is 1. The molecule has 3 unspecified atom stereocenters. The Balaban J connectivity index is 1.56. The summed E-state index contributed by atoms with van der Waals surface area (Å²) in [4.78, 5) is 16.5. The molecule has 2 bridgehead atoms. The van der Waals surface area contributed by atoms with Crippen molar-refractivity contribution in [1.29, 1.82) is 0 Å². The summed E-state index contributed by atoms with van der Waals surface area (Å²) in [6.45, 7) is 1.08. The second-order valence-electron chi connectivity index (χ2n) is 5.66. The predicted molar refractivity (Wildman–Crippen MR) is 76.0 cm³/mol. The van der Waals surface area contributed by atoms with Crippen molar-refractivity contribution in [1.82, 2.24) is 20.0 Å². The number of aromatic nitrogens is 2. The molecule has 2 aromatic heterocycles. The Hall–Kier alpha value is -1.59. The van der Waals surface area contributed by atoms with Crippen LogP contribution in [0, 0.1) is 5.92 Å². The molecule has 1 aliphatic heterocycles. The van der Waals surface area contributed by atoms with E-state index >= 15 is 0 Å². The van der Waals surface area contributed by atoms with E-state index in [1.807, 2.05) is 6.07 Å². The molecule has 0 spiro atoms. The summed E-state index contributed by atoms with van der Waals surface area (Å²) < 4.78 is 1.77. The van der Waals surface area contributed by atoms with Gasteiger partial charge in [-0.15, -0.1) is 0 Å². The molecule has 104 valence electrons. The fraction of sp³-hybridized carbons (Fsp3) is 0.429. The van der Waals surface area contributed by atoms with Crippen LogP contribution in [0.3, 0.4) is 0 Å². The van der Waals surface area contributed by atoms with E-state index in [9.17, 15) is 4.79 Å². The molecule has 2 fully saturated rings. The Morgan fingerprint density at radius 3 is 3.10 bits per heavy atom. The van der Waals surface area contributed by atoms with Gasteiger partial charge in [0.15, 0.2) is 0 Å². The van der Waals surface area contributed by atoms with Crippen molar-refractivity contribution in [3.05, 3.63) is 35.4 Å². The summed E-state index contributed by atoms with van der Waals surface area (Å²) >= 11 is 6.06. The summed E-state index contributed by atoms with van der Waals surface area (Å²) in [6.07, 6.45) is 5.59. The van der Waals surface area contributed by atoms with Crippen molar-refractivity contribution >= 4 is 23.0 Å². The molecule has 1 amide bonds. The number of hydrogen-bond acceptors (Lipinski definition) is 3. The largest absolute Gasteiger partial charge is 0.346 e. The zero-order chi connectivity index (χ0) is 13.7. The number of nitrogens with zero attached hydrogens (tertiary/aromatic N) is 2. The predicted octanol–water partition coefficient (Wildman–Crippen LogP) is 1.47. The molecule has 20 heavy (non-hydrogen) atoms. The number of halogens is 1. The van der Waals surface area contributed by atoms with Crippen LogP contribution in [0.1, 0.15) is 23.3 Å². The van der Waals surface area contributed by atoms with Gasteiger partial charge < -0.3 is 15.0 Å². The van der Waals surface area contributed by atoms with Crippen LogP contribution in [0.2, 0.25) is 5.15 Å². The molecular weight excluding hydrogens is 276 g/mol. The van der Waals surface area contributed by atoms with E-state index in [2.05, 4.69) is 15.6 Å². The Morgan fingerprint density at radius 2 is 2.35 bits per heavy atom. The second kappa shape index (κ2) is 4.46. The van der Waals surface area contributed by atoms with Gasteiger partial charge in [-0.3, -0.25) is 4.79 Å². The molecule has 1 saturated carbocycles. The maximum Gasteiger partial charge on any atom is 0.271 e. The van der Waals surface area contributed by atoms with Crippen LogP contribution < -0.4 is 10.6 Å². The first-order valence-electron chi connectivity index (χ1n) is 6.87. The van der Waals surface area contributed by atoms with Gasteiger partial charge >= 0.3 is 0 Å². The maximum absolute atomic E-state index is 12.3. The molecule has 3 atom stereocenters. The highest BCUT2D eigenvalue weighted by atomic mass is 35.5. The van der Waals surface area contributed by atoms with E-state index in [1.54, 1.807) is 22.9 Å². The van der Waals surface area contributed by atoms with Crippen LogP contribution in [0.5, 0.6) is 0 Å². The molecule has 2 aromatic rings.